The lowest BCUT2D eigenvalue weighted by atomic mass is 10.1. The fraction of sp³-hybridized carbons (Fsp3) is 0.333. The minimum Gasteiger partial charge on any atom is -0.361 e. The number of nitrogens with two attached hydrogens (primary N) is 1. The zero-order chi connectivity index (χ0) is 15.2. The molecule has 1 aromatic heterocycles. The Morgan fingerprint density at radius 1 is 1.24 bits per heavy atom. The molecule has 0 aliphatic heterocycles. The second-order valence-corrected chi connectivity index (χ2v) is 4.94. The van der Waals surface area contributed by atoms with Crippen LogP contribution in [0, 0.1) is 0 Å². The first-order valence-corrected chi connectivity index (χ1v) is 6.90. The van der Waals surface area contributed by atoms with Crippen LogP contribution in [0.3, 0.4) is 0 Å². The standard InChI is InChI=1S/C15H20N4O2/c1-10(20)17-6-7-18-15(21)13(16)8-11-9-19-14-5-3-2-4-12(11)14/h2-5,9,13,19H,6-8,16H2,1H3,(H,17,20)(H,18,21). The van der Waals surface area contributed by atoms with Crippen molar-refractivity contribution in [3.63, 3.8) is 0 Å². The molecule has 0 fully saturated rings. The summed E-state index contributed by atoms with van der Waals surface area (Å²) in [4.78, 5) is 25.8. The van der Waals surface area contributed by atoms with Gasteiger partial charge in [-0.25, -0.2) is 0 Å². The van der Waals surface area contributed by atoms with Crippen LogP contribution in [0.5, 0.6) is 0 Å². The van der Waals surface area contributed by atoms with Gasteiger partial charge in [0.2, 0.25) is 11.8 Å². The summed E-state index contributed by atoms with van der Waals surface area (Å²) in [6.45, 7) is 2.21. The monoisotopic (exact) mass is 288 g/mol. The number of carbonyl (C=O) groups is 2. The lowest BCUT2D eigenvalue weighted by Crippen LogP contribution is -2.44. The van der Waals surface area contributed by atoms with Crippen LogP contribution < -0.4 is 16.4 Å². The number of para-hydroxylation sites is 1. The Morgan fingerprint density at radius 3 is 2.71 bits per heavy atom. The number of aromatic nitrogens is 1. The number of amides is 2. The van der Waals surface area contributed by atoms with Gasteiger partial charge in [-0.15, -0.1) is 0 Å². The molecule has 0 aliphatic carbocycles. The third-order valence-corrected chi connectivity index (χ3v) is 3.25. The van der Waals surface area contributed by atoms with Crippen LogP contribution in [0.1, 0.15) is 12.5 Å². The van der Waals surface area contributed by atoms with Gasteiger partial charge >= 0.3 is 0 Å². The largest absolute Gasteiger partial charge is 0.361 e. The molecule has 2 aromatic rings. The van der Waals surface area contributed by atoms with Crippen LogP contribution in [0.4, 0.5) is 0 Å². The van der Waals surface area contributed by atoms with Crippen LogP contribution in [0.15, 0.2) is 30.5 Å². The van der Waals surface area contributed by atoms with Crippen molar-refractivity contribution in [1.29, 1.82) is 0 Å². The molecule has 0 saturated heterocycles. The third kappa shape index (κ3) is 4.06. The average Bonchev–Trinajstić information content (AvgIpc) is 2.86. The van der Waals surface area contributed by atoms with E-state index in [0.717, 1.165) is 16.5 Å². The van der Waals surface area contributed by atoms with Gasteiger partial charge in [-0.1, -0.05) is 18.2 Å². The molecule has 6 nitrogen and oxygen atoms in total. The zero-order valence-corrected chi connectivity index (χ0v) is 12.0. The molecule has 1 unspecified atom stereocenters. The first-order chi connectivity index (χ1) is 10.1. The van der Waals surface area contributed by atoms with Gasteiger partial charge in [0.25, 0.3) is 0 Å². The normalized spacial score (nSPS) is 12.1. The van der Waals surface area contributed by atoms with Gasteiger partial charge in [-0.05, 0) is 18.1 Å². The average molecular weight is 288 g/mol. The highest BCUT2D eigenvalue weighted by atomic mass is 16.2. The molecule has 0 bridgehead atoms. The van der Waals surface area contributed by atoms with Crippen LogP contribution in [-0.2, 0) is 16.0 Å². The van der Waals surface area contributed by atoms with E-state index in [-0.39, 0.29) is 11.8 Å². The first-order valence-electron chi connectivity index (χ1n) is 6.90. The summed E-state index contributed by atoms with van der Waals surface area (Å²) < 4.78 is 0. The lowest BCUT2D eigenvalue weighted by Gasteiger charge is -2.12. The third-order valence-electron chi connectivity index (χ3n) is 3.25. The second kappa shape index (κ2) is 6.90. The maximum absolute atomic E-state index is 11.9. The summed E-state index contributed by atoms with van der Waals surface area (Å²) in [5, 5.41) is 6.40. The van der Waals surface area contributed by atoms with Crippen molar-refractivity contribution in [2.24, 2.45) is 5.73 Å². The van der Waals surface area contributed by atoms with Gasteiger partial charge in [0.15, 0.2) is 0 Å². The molecule has 2 rings (SSSR count). The van der Waals surface area contributed by atoms with Gasteiger partial charge in [0.05, 0.1) is 6.04 Å². The van der Waals surface area contributed by atoms with E-state index in [0.29, 0.717) is 19.5 Å². The van der Waals surface area contributed by atoms with Crippen molar-refractivity contribution in [3.8, 4) is 0 Å². The fourth-order valence-corrected chi connectivity index (χ4v) is 2.19. The van der Waals surface area contributed by atoms with E-state index < -0.39 is 6.04 Å². The molecule has 6 heteroatoms. The van der Waals surface area contributed by atoms with E-state index in [9.17, 15) is 9.59 Å². The number of benzene rings is 1. The summed E-state index contributed by atoms with van der Waals surface area (Å²) in [5.41, 5.74) is 7.98. The minimum absolute atomic E-state index is 0.118. The van der Waals surface area contributed by atoms with Crippen molar-refractivity contribution in [2.45, 2.75) is 19.4 Å². The molecule has 0 aliphatic rings. The predicted molar refractivity (Wildman–Crippen MR) is 81.7 cm³/mol. The Morgan fingerprint density at radius 2 is 1.95 bits per heavy atom. The summed E-state index contributed by atoms with van der Waals surface area (Å²) in [6.07, 6.45) is 2.35. The first kappa shape index (κ1) is 15.1. The summed E-state index contributed by atoms with van der Waals surface area (Å²) in [5.74, 6) is -0.335. The van der Waals surface area contributed by atoms with Gasteiger partial charge in [-0.2, -0.15) is 0 Å². The molecule has 0 saturated carbocycles. The number of rotatable bonds is 6. The Labute approximate surface area is 123 Å². The van der Waals surface area contributed by atoms with Crippen molar-refractivity contribution in [3.05, 3.63) is 36.0 Å². The smallest absolute Gasteiger partial charge is 0.237 e. The quantitative estimate of drug-likeness (QED) is 0.575. The number of carbonyl (C=O) groups excluding carboxylic acids is 2. The van der Waals surface area contributed by atoms with Crippen molar-refractivity contribution < 1.29 is 9.59 Å². The molecule has 1 aromatic carbocycles. The maximum atomic E-state index is 11.9. The number of nitrogens with one attached hydrogen (secondary N) is 3. The van der Waals surface area contributed by atoms with E-state index in [1.54, 1.807) is 0 Å². The topological polar surface area (TPSA) is 100 Å². The summed E-state index contributed by atoms with van der Waals surface area (Å²) in [7, 11) is 0. The molecule has 112 valence electrons. The van der Waals surface area contributed by atoms with E-state index in [1.165, 1.54) is 6.92 Å². The minimum atomic E-state index is -0.610. The highest BCUT2D eigenvalue weighted by Gasteiger charge is 2.15. The van der Waals surface area contributed by atoms with Crippen LogP contribution in [0.2, 0.25) is 0 Å². The van der Waals surface area contributed by atoms with Crippen LogP contribution in [0.25, 0.3) is 10.9 Å². The summed E-state index contributed by atoms with van der Waals surface area (Å²) in [6, 6.07) is 7.29. The van der Waals surface area contributed by atoms with Gasteiger partial charge in [-0.3, -0.25) is 9.59 Å². The number of hydrogen-bond acceptors (Lipinski definition) is 3. The van der Waals surface area contributed by atoms with E-state index >= 15 is 0 Å². The van der Waals surface area contributed by atoms with Crippen LogP contribution in [-0.4, -0.2) is 35.9 Å². The molecule has 1 atom stereocenters. The molecule has 0 spiro atoms. The Kier molecular flexibility index (Phi) is 4.94. The van der Waals surface area contributed by atoms with Gasteiger partial charge in [0.1, 0.15) is 0 Å². The highest BCUT2D eigenvalue weighted by Crippen LogP contribution is 2.18. The Bertz CT molecular complexity index is 635. The highest BCUT2D eigenvalue weighted by molar-refractivity contribution is 5.86. The maximum Gasteiger partial charge on any atom is 0.237 e. The molecule has 0 radical (unpaired) electrons. The van der Waals surface area contributed by atoms with E-state index in [1.807, 2.05) is 30.5 Å². The SMILES string of the molecule is CC(=O)NCCNC(=O)C(N)Cc1c[nH]c2ccccc12. The Hall–Kier alpha value is -2.34. The number of hydrogen-bond donors (Lipinski definition) is 4. The number of fused-ring (bicyclic) bond motifs is 1. The molecule has 5 N–H and O–H groups in total. The molecule has 1 heterocycles. The second-order valence-electron chi connectivity index (χ2n) is 4.94. The van der Waals surface area contributed by atoms with E-state index in [4.69, 9.17) is 5.73 Å². The van der Waals surface area contributed by atoms with Crippen molar-refractivity contribution in [1.82, 2.24) is 15.6 Å². The molecular weight excluding hydrogens is 268 g/mol. The Balaban J connectivity index is 1.87. The lowest BCUT2D eigenvalue weighted by molar-refractivity contribution is -0.123. The number of aromatic amines is 1. The van der Waals surface area contributed by atoms with Crippen molar-refractivity contribution >= 4 is 22.7 Å². The van der Waals surface area contributed by atoms with Gasteiger partial charge < -0.3 is 21.4 Å². The number of H-pyrrole nitrogens is 1. The van der Waals surface area contributed by atoms with Crippen molar-refractivity contribution in [2.75, 3.05) is 13.1 Å². The van der Waals surface area contributed by atoms with Gasteiger partial charge in [0, 0.05) is 37.1 Å². The molecule has 2 amide bonds. The predicted octanol–water partition coefficient (Wildman–Crippen LogP) is 0.290. The molecular formula is C15H20N4O2. The molecule has 21 heavy (non-hydrogen) atoms. The zero-order valence-electron chi connectivity index (χ0n) is 12.0. The summed E-state index contributed by atoms with van der Waals surface area (Å²) >= 11 is 0. The fourth-order valence-electron chi connectivity index (χ4n) is 2.19. The van der Waals surface area contributed by atoms with E-state index in [2.05, 4.69) is 15.6 Å². The van der Waals surface area contributed by atoms with Crippen LogP contribution >= 0.6 is 0 Å².